The molecule has 0 spiro atoms. The second kappa shape index (κ2) is 9.79. The fraction of sp³-hybridized carbons (Fsp3) is 0.333. The molecule has 2 aromatic carbocycles. The number of benzene rings is 2. The van der Waals surface area contributed by atoms with Crippen molar-refractivity contribution in [2.45, 2.75) is 38.8 Å². The van der Waals surface area contributed by atoms with Crippen LogP contribution in [0.25, 0.3) is 0 Å². The Kier molecular flexibility index (Phi) is 7.44. The van der Waals surface area contributed by atoms with Crippen molar-refractivity contribution in [1.29, 1.82) is 0 Å². The summed E-state index contributed by atoms with van der Waals surface area (Å²) in [5.74, 6) is -0.529. The smallest absolute Gasteiger partial charge is 0.270 e. The van der Waals surface area contributed by atoms with Gasteiger partial charge < -0.3 is 16.4 Å². The van der Waals surface area contributed by atoms with E-state index in [1.54, 1.807) is 0 Å². The van der Waals surface area contributed by atoms with Crippen molar-refractivity contribution < 1.29 is 14.5 Å². The van der Waals surface area contributed by atoms with Gasteiger partial charge in [-0.1, -0.05) is 44.2 Å². The zero-order chi connectivity index (χ0) is 21.6. The molecule has 0 bridgehead atoms. The van der Waals surface area contributed by atoms with E-state index < -0.39 is 22.8 Å². The van der Waals surface area contributed by atoms with Crippen molar-refractivity contribution in [1.82, 2.24) is 10.6 Å². The van der Waals surface area contributed by atoms with Crippen molar-refractivity contribution in [3.63, 3.8) is 0 Å². The van der Waals surface area contributed by atoms with Crippen LogP contribution in [-0.4, -0.2) is 29.3 Å². The maximum absolute atomic E-state index is 12.3. The molecule has 0 aromatic heterocycles. The molecule has 0 radical (unpaired) electrons. The highest BCUT2D eigenvalue weighted by Crippen LogP contribution is 2.17. The Labute approximate surface area is 169 Å². The maximum Gasteiger partial charge on any atom is 0.270 e. The summed E-state index contributed by atoms with van der Waals surface area (Å²) in [4.78, 5) is 34.8. The van der Waals surface area contributed by atoms with Gasteiger partial charge in [0.2, 0.25) is 5.91 Å². The molecule has 2 atom stereocenters. The van der Waals surface area contributed by atoms with E-state index in [9.17, 15) is 19.7 Å². The monoisotopic (exact) mass is 398 g/mol. The van der Waals surface area contributed by atoms with E-state index in [2.05, 4.69) is 24.5 Å². The number of rotatable bonds is 8. The molecule has 0 heterocycles. The van der Waals surface area contributed by atoms with Gasteiger partial charge in [-0.2, -0.15) is 0 Å². The van der Waals surface area contributed by atoms with Gasteiger partial charge in [-0.15, -0.1) is 0 Å². The third-order valence-corrected chi connectivity index (χ3v) is 4.59. The van der Waals surface area contributed by atoms with Crippen LogP contribution in [0.15, 0.2) is 48.5 Å². The van der Waals surface area contributed by atoms with Crippen LogP contribution in [-0.2, 0) is 4.79 Å². The van der Waals surface area contributed by atoms with Crippen LogP contribution in [0, 0.1) is 10.1 Å². The summed E-state index contributed by atoms with van der Waals surface area (Å²) in [5.41, 5.74) is 8.18. The van der Waals surface area contributed by atoms with Gasteiger partial charge in [0.15, 0.2) is 0 Å². The van der Waals surface area contributed by atoms with E-state index in [1.807, 2.05) is 24.3 Å². The number of carbonyl (C=O) groups is 2. The van der Waals surface area contributed by atoms with Gasteiger partial charge in [-0.3, -0.25) is 19.7 Å². The molecule has 154 valence electrons. The second-order valence-electron chi connectivity index (χ2n) is 7.18. The molecule has 0 saturated carbocycles. The summed E-state index contributed by atoms with van der Waals surface area (Å²) >= 11 is 0. The second-order valence-corrected chi connectivity index (χ2v) is 7.18. The minimum absolute atomic E-state index is 0.112. The number of non-ortho nitro benzene ring substituents is 1. The van der Waals surface area contributed by atoms with Gasteiger partial charge in [0.25, 0.3) is 11.6 Å². The number of nitrogens with one attached hydrogen (secondary N) is 2. The third kappa shape index (κ3) is 6.11. The van der Waals surface area contributed by atoms with E-state index in [4.69, 9.17) is 5.73 Å². The third-order valence-electron chi connectivity index (χ3n) is 4.59. The molecule has 0 aliphatic carbocycles. The Balaban J connectivity index is 1.89. The first-order chi connectivity index (χ1) is 13.7. The van der Waals surface area contributed by atoms with Crippen molar-refractivity contribution in [2.75, 3.05) is 6.54 Å². The number of nitrogens with zero attached hydrogens (tertiary/aromatic N) is 1. The van der Waals surface area contributed by atoms with E-state index >= 15 is 0 Å². The number of nitro groups is 1. The standard InChI is InChI=1S/C21H26N4O4/c1-13(2)15-7-9-16(10-8-15)19(22)12-23-20(26)14(3)24-21(27)17-5-4-6-18(11-17)25(28)29/h4-11,13-14,19H,12,22H2,1-3H3,(H,23,26)(H,24,27). The van der Waals surface area contributed by atoms with Crippen molar-refractivity contribution >= 4 is 17.5 Å². The number of nitrogens with two attached hydrogens (primary N) is 1. The van der Waals surface area contributed by atoms with Gasteiger partial charge in [-0.05, 0) is 30.0 Å². The van der Waals surface area contributed by atoms with Crippen LogP contribution >= 0.6 is 0 Å². The quantitative estimate of drug-likeness (QED) is 0.465. The molecule has 8 nitrogen and oxygen atoms in total. The lowest BCUT2D eigenvalue weighted by Crippen LogP contribution is -2.46. The topological polar surface area (TPSA) is 127 Å². The number of hydrogen-bond donors (Lipinski definition) is 3. The van der Waals surface area contributed by atoms with Gasteiger partial charge in [0.05, 0.1) is 4.92 Å². The molecule has 4 N–H and O–H groups in total. The summed E-state index contributed by atoms with van der Waals surface area (Å²) in [5, 5.41) is 16.1. The van der Waals surface area contributed by atoms with E-state index in [0.717, 1.165) is 11.6 Å². The zero-order valence-corrected chi connectivity index (χ0v) is 16.7. The fourth-order valence-electron chi connectivity index (χ4n) is 2.72. The Bertz CT molecular complexity index is 881. The fourth-order valence-corrected chi connectivity index (χ4v) is 2.72. The zero-order valence-electron chi connectivity index (χ0n) is 16.7. The van der Waals surface area contributed by atoms with E-state index in [1.165, 1.54) is 30.7 Å². The van der Waals surface area contributed by atoms with Crippen LogP contribution < -0.4 is 16.4 Å². The highest BCUT2D eigenvalue weighted by Gasteiger charge is 2.19. The minimum Gasteiger partial charge on any atom is -0.352 e. The predicted molar refractivity (Wildman–Crippen MR) is 110 cm³/mol. The Morgan fingerprint density at radius 2 is 1.69 bits per heavy atom. The molecular weight excluding hydrogens is 372 g/mol. The predicted octanol–water partition coefficient (Wildman–Crippen LogP) is 2.65. The molecule has 0 aliphatic rings. The van der Waals surface area contributed by atoms with Crippen LogP contribution in [0.1, 0.15) is 54.2 Å². The van der Waals surface area contributed by atoms with E-state index in [0.29, 0.717) is 5.92 Å². The molecule has 0 aliphatic heterocycles. The van der Waals surface area contributed by atoms with Gasteiger partial charge >= 0.3 is 0 Å². The normalized spacial score (nSPS) is 12.9. The highest BCUT2D eigenvalue weighted by atomic mass is 16.6. The van der Waals surface area contributed by atoms with Crippen LogP contribution in [0.5, 0.6) is 0 Å². The Hall–Kier alpha value is -3.26. The molecule has 0 saturated heterocycles. The molecule has 2 unspecified atom stereocenters. The highest BCUT2D eigenvalue weighted by molar-refractivity contribution is 5.97. The number of amides is 2. The first-order valence-corrected chi connectivity index (χ1v) is 9.37. The van der Waals surface area contributed by atoms with Gasteiger partial charge in [0.1, 0.15) is 6.04 Å². The summed E-state index contributed by atoms with van der Waals surface area (Å²) in [6.45, 7) is 5.97. The lowest BCUT2D eigenvalue weighted by molar-refractivity contribution is -0.384. The van der Waals surface area contributed by atoms with Crippen molar-refractivity contribution in [3.05, 3.63) is 75.3 Å². The number of nitro benzene ring substituents is 1. The SMILES string of the molecule is CC(NC(=O)c1cccc([N+](=O)[O-])c1)C(=O)NCC(N)c1ccc(C(C)C)cc1. The summed E-state index contributed by atoms with van der Waals surface area (Å²) < 4.78 is 0. The van der Waals surface area contributed by atoms with Crippen molar-refractivity contribution in [2.24, 2.45) is 5.73 Å². The molecular formula is C21H26N4O4. The Morgan fingerprint density at radius 3 is 2.28 bits per heavy atom. The van der Waals surface area contributed by atoms with Crippen molar-refractivity contribution in [3.8, 4) is 0 Å². The van der Waals surface area contributed by atoms with E-state index in [-0.39, 0.29) is 23.8 Å². The summed E-state index contributed by atoms with van der Waals surface area (Å²) in [7, 11) is 0. The number of carbonyl (C=O) groups excluding carboxylic acids is 2. The van der Waals surface area contributed by atoms with Crippen LogP contribution in [0.2, 0.25) is 0 Å². The maximum atomic E-state index is 12.3. The minimum atomic E-state index is -0.822. The molecule has 0 fully saturated rings. The van der Waals surface area contributed by atoms with Crippen LogP contribution in [0.3, 0.4) is 0 Å². The Morgan fingerprint density at radius 1 is 1.07 bits per heavy atom. The number of hydrogen-bond acceptors (Lipinski definition) is 5. The lowest BCUT2D eigenvalue weighted by atomic mass is 9.99. The molecule has 2 rings (SSSR count). The average molecular weight is 398 g/mol. The van der Waals surface area contributed by atoms with Gasteiger partial charge in [0, 0.05) is 30.3 Å². The largest absolute Gasteiger partial charge is 0.352 e. The summed E-state index contributed by atoms with van der Waals surface area (Å²) in [6.07, 6.45) is 0. The average Bonchev–Trinajstić information content (AvgIpc) is 2.71. The van der Waals surface area contributed by atoms with Crippen LogP contribution in [0.4, 0.5) is 5.69 Å². The molecule has 8 heteroatoms. The lowest BCUT2D eigenvalue weighted by Gasteiger charge is -2.18. The molecule has 2 amide bonds. The molecule has 29 heavy (non-hydrogen) atoms. The summed E-state index contributed by atoms with van der Waals surface area (Å²) in [6, 6.07) is 12.0. The van der Waals surface area contributed by atoms with Gasteiger partial charge in [-0.25, -0.2) is 0 Å². The molecule has 2 aromatic rings. The first kappa shape index (κ1) is 22.0. The first-order valence-electron chi connectivity index (χ1n) is 9.37.